The molecule has 0 unspecified atom stereocenters. The highest BCUT2D eigenvalue weighted by atomic mass is 32.1. The van der Waals surface area contributed by atoms with Crippen molar-refractivity contribution in [3.8, 4) is 5.75 Å². The maximum Gasteiger partial charge on any atom is 0.224 e. The minimum atomic E-state index is -0.117. The van der Waals surface area contributed by atoms with Gasteiger partial charge in [0.1, 0.15) is 5.75 Å². The molecule has 29 heavy (non-hydrogen) atoms. The van der Waals surface area contributed by atoms with Crippen LogP contribution in [0.2, 0.25) is 0 Å². The van der Waals surface area contributed by atoms with Crippen LogP contribution in [-0.2, 0) is 22.4 Å². The van der Waals surface area contributed by atoms with Crippen molar-refractivity contribution < 1.29 is 14.3 Å². The summed E-state index contributed by atoms with van der Waals surface area (Å²) in [5.41, 5.74) is 4.10. The highest BCUT2D eigenvalue weighted by molar-refractivity contribution is 7.09. The van der Waals surface area contributed by atoms with Crippen LogP contribution in [0.15, 0.2) is 29.8 Å². The summed E-state index contributed by atoms with van der Waals surface area (Å²) in [6.45, 7) is 3.82. The number of thiazole rings is 1. The van der Waals surface area contributed by atoms with E-state index in [1.54, 1.807) is 18.4 Å². The number of hydrogen-bond acceptors (Lipinski definition) is 5. The molecule has 2 aromatic rings. The molecule has 3 rings (SSSR count). The van der Waals surface area contributed by atoms with Gasteiger partial charge in [0.2, 0.25) is 11.8 Å². The minimum Gasteiger partial charge on any atom is -0.497 e. The molecule has 0 spiro atoms. The van der Waals surface area contributed by atoms with Gasteiger partial charge in [0.25, 0.3) is 0 Å². The lowest BCUT2D eigenvalue weighted by atomic mass is 9.96. The van der Waals surface area contributed by atoms with Crippen LogP contribution in [0.1, 0.15) is 35.4 Å². The predicted molar refractivity (Wildman–Crippen MR) is 114 cm³/mol. The monoisotopic (exact) mass is 415 g/mol. The summed E-state index contributed by atoms with van der Waals surface area (Å²) < 4.78 is 5.18. The van der Waals surface area contributed by atoms with Crippen molar-refractivity contribution in [3.63, 3.8) is 0 Å². The summed E-state index contributed by atoms with van der Waals surface area (Å²) >= 11 is 1.67. The van der Waals surface area contributed by atoms with Crippen LogP contribution < -0.4 is 10.1 Å². The van der Waals surface area contributed by atoms with Gasteiger partial charge < -0.3 is 15.0 Å². The van der Waals surface area contributed by atoms with Crippen molar-refractivity contribution in [1.29, 1.82) is 0 Å². The summed E-state index contributed by atoms with van der Waals surface area (Å²) in [5, 5.41) is 3.05. The Balaban J connectivity index is 1.42. The van der Waals surface area contributed by atoms with Crippen LogP contribution in [0.3, 0.4) is 0 Å². The summed E-state index contributed by atoms with van der Waals surface area (Å²) in [6.07, 6.45) is 3.70. The van der Waals surface area contributed by atoms with Gasteiger partial charge in [0.05, 0.1) is 24.2 Å². The normalized spacial score (nSPS) is 16.7. The van der Waals surface area contributed by atoms with Gasteiger partial charge >= 0.3 is 0 Å². The minimum absolute atomic E-state index is 0.0629. The number of rotatable bonds is 9. The third-order valence-electron chi connectivity index (χ3n) is 5.43. The molecule has 1 aromatic carbocycles. The number of methoxy groups -OCH3 is 1. The van der Waals surface area contributed by atoms with Gasteiger partial charge in [-0.05, 0) is 50.3 Å². The number of hydrogen-bond donors (Lipinski definition) is 1. The second-order valence-corrected chi connectivity index (χ2v) is 8.37. The zero-order chi connectivity index (χ0) is 20.6. The zero-order valence-corrected chi connectivity index (χ0v) is 18.0. The van der Waals surface area contributed by atoms with Gasteiger partial charge in [-0.25, -0.2) is 4.98 Å². The molecular weight excluding hydrogens is 386 g/mol. The molecule has 1 saturated heterocycles. The van der Waals surface area contributed by atoms with E-state index in [2.05, 4.69) is 10.3 Å². The number of nitrogens with zero attached hydrogens (tertiary/aromatic N) is 2. The lowest BCUT2D eigenvalue weighted by Crippen LogP contribution is -2.46. The van der Waals surface area contributed by atoms with E-state index in [9.17, 15) is 9.59 Å². The maximum absolute atomic E-state index is 12.6. The van der Waals surface area contributed by atoms with Crippen molar-refractivity contribution in [3.05, 3.63) is 45.9 Å². The number of carbonyl (C=O) groups is 2. The van der Waals surface area contributed by atoms with E-state index in [0.717, 1.165) is 36.3 Å². The molecule has 1 atom stereocenters. The maximum atomic E-state index is 12.6. The molecule has 6 nitrogen and oxygen atoms in total. The van der Waals surface area contributed by atoms with E-state index in [4.69, 9.17) is 4.74 Å². The van der Waals surface area contributed by atoms with Crippen LogP contribution in [0, 0.1) is 12.8 Å². The fourth-order valence-electron chi connectivity index (χ4n) is 3.57. The second kappa shape index (κ2) is 10.4. The average Bonchev–Trinajstić information content (AvgIpc) is 3.15. The molecule has 0 saturated carbocycles. The Morgan fingerprint density at radius 1 is 1.31 bits per heavy atom. The topological polar surface area (TPSA) is 71.5 Å². The zero-order valence-electron chi connectivity index (χ0n) is 17.1. The van der Waals surface area contributed by atoms with Gasteiger partial charge in [0, 0.05) is 30.9 Å². The van der Waals surface area contributed by atoms with E-state index in [-0.39, 0.29) is 17.7 Å². The molecule has 1 aromatic heterocycles. The number of nitrogens with one attached hydrogen (secondary N) is 1. The number of benzene rings is 1. The Morgan fingerprint density at radius 2 is 2.10 bits per heavy atom. The molecule has 2 amide bonds. The first-order valence-electron chi connectivity index (χ1n) is 10.1. The van der Waals surface area contributed by atoms with Gasteiger partial charge in [-0.15, -0.1) is 11.3 Å². The molecule has 0 aliphatic carbocycles. The average molecular weight is 416 g/mol. The Hall–Kier alpha value is -2.41. The molecule has 156 valence electrons. The van der Waals surface area contributed by atoms with Crippen molar-refractivity contribution in [2.24, 2.45) is 5.92 Å². The first-order chi connectivity index (χ1) is 14.1. The molecule has 1 aliphatic heterocycles. The molecule has 0 radical (unpaired) electrons. The van der Waals surface area contributed by atoms with Crippen LogP contribution >= 0.6 is 11.3 Å². The Kier molecular flexibility index (Phi) is 7.63. The molecule has 2 heterocycles. The van der Waals surface area contributed by atoms with Crippen LogP contribution in [0.25, 0.3) is 0 Å². The van der Waals surface area contributed by atoms with Crippen LogP contribution in [0.5, 0.6) is 5.75 Å². The smallest absolute Gasteiger partial charge is 0.224 e. The fraction of sp³-hybridized carbons (Fsp3) is 0.500. The summed E-state index contributed by atoms with van der Waals surface area (Å²) in [7, 11) is 1.65. The number of aryl methyl sites for hydroxylation is 2. The number of amides is 2. The van der Waals surface area contributed by atoms with Crippen molar-refractivity contribution in [1.82, 2.24) is 15.2 Å². The summed E-state index contributed by atoms with van der Waals surface area (Å²) in [5.74, 6) is 0.912. The molecule has 7 heteroatoms. The van der Waals surface area contributed by atoms with Gasteiger partial charge in [0.15, 0.2) is 0 Å². The largest absolute Gasteiger partial charge is 0.497 e. The third kappa shape index (κ3) is 6.03. The summed E-state index contributed by atoms with van der Waals surface area (Å²) in [6, 6.07) is 7.89. The molecule has 1 N–H and O–H groups in total. The van der Waals surface area contributed by atoms with E-state index >= 15 is 0 Å². The first kappa shape index (κ1) is 21.3. The quantitative estimate of drug-likeness (QED) is 0.639. The fourth-order valence-corrected chi connectivity index (χ4v) is 4.40. The second-order valence-electron chi connectivity index (χ2n) is 7.43. The van der Waals surface area contributed by atoms with E-state index < -0.39 is 0 Å². The summed E-state index contributed by atoms with van der Waals surface area (Å²) in [4.78, 5) is 32.2. The van der Waals surface area contributed by atoms with E-state index in [1.165, 1.54) is 4.88 Å². The Morgan fingerprint density at radius 3 is 2.79 bits per heavy atom. The number of aromatic nitrogens is 1. The van der Waals surface area contributed by atoms with Crippen molar-refractivity contribution in [2.75, 3.05) is 26.7 Å². The van der Waals surface area contributed by atoms with Crippen molar-refractivity contribution >= 4 is 23.2 Å². The van der Waals surface area contributed by atoms with Crippen molar-refractivity contribution in [2.45, 2.75) is 39.0 Å². The third-order valence-corrected chi connectivity index (χ3v) is 6.42. The number of ether oxygens (including phenoxy) is 1. The number of piperidine rings is 1. The molecular formula is C22H29N3O3S. The van der Waals surface area contributed by atoms with Gasteiger partial charge in [-0.1, -0.05) is 12.1 Å². The lowest BCUT2D eigenvalue weighted by molar-refractivity contribution is -0.138. The Labute approximate surface area is 176 Å². The molecule has 1 fully saturated rings. The highest BCUT2D eigenvalue weighted by Gasteiger charge is 2.29. The highest BCUT2D eigenvalue weighted by Crippen LogP contribution is 2.19. The number of carbonyl (C=O) groups excluding carboxylic acids is 2. The predicted octanol–water partition coefficient (Wildman–Crippen LogP) is 2.99. The lowest BCUT2D eigenvalue weighted by Gasteiger charge is -2.32. The van der Waals surface area contributed by atoms with Gasteiger partial charge in [-0.3, -0.25) is 9.59 Å². The standard InChI is InChI=1S/C22H29N3O3S/c1-16-20(29-15-24-16)4-3-12-23-22(27)18-7-10-21(26)25(14-18)13-11-17-5-8-19(28-2)9-6-17/h5-6,8-9,15,18H,3-4,7,10-14H2,1-2H3,(H,23,27)/t18-/m1/s1. The molecule has 1 aliphatic rings. The van der Waals surface area contributed by atoms with Crippen LogP contribution in [0.4, 0.5) is 0 Å². The van der Waals surface area contributed by atoms with Gasteiger partial charge in [-0.2, -0.15) is 0 Å². The van der Waals surface area contributed by atoms with Crippen LogP contribution in [-0.4, -0.2) is 48.4 Å². The SMILES string of the molecule is COc1ccc(CCN2C[C@H](C(=O)NCCCc3scnc3C)CCC2=O)cc1. The Bertz CT molecular complexity index is 819. The number of likely N-dealkylation sites (tertiary alicyclic amines) is 1. The van der Waals surface area contributed by atoms with E-state index in [1.807, 2.05) is 41.6 Å². The molecule has 0 bridgehead atoms. The first-order valence-corrected chi connectivity index (χ1v) is 11.0. The van der Waals surface area contributed by atoms with E-state index in [0.29, 0.717) is 32.5 Å².